The lowest BCUT2D eigenvalue weighted by atomic mass is 9.86. The summed E-state index contributed by atoms with van der Waals surface area (Å²) in [5.41, 5.74) is -0.144. The van der Waals surface area contributed by atoms with Crippen LogP contribution in [0.5, 0.6) is 0 Å². The molecule has 0 aromatic heterocycles. The van der Waals surface area contributed by atoms with Crippen molar-refractivity contribution in [2.75, 3.05) is 32.7 Å². The van der Waals surface area contributed by atoms with Gasteiger partial charge in [-0.15, -0.1) is 0 Å². The Morgan fingerprint density at radius 2 is 1.82 bits per heavy atom. The van der Waals surface area contributed by atoms with Crippen LogP contribution >= 0.6 is 0 Å². The van der Waals surface area contributed by atoms with Gasteiger partial charge >= 0.3 is 0 Å². The maximum atomic E-state index is 11.2. The van der Waals surface area contributed by atoms with E-state index in [0.717, 1.165) is 51.9 Å². The molecule has 1 unspecified atom stereocenters. The third kappa shape index (κ3) is 4.40. The van der Waals surface area contributed by atoms with Crippen molar-refractivity contribution in [2.24, 2.45) is 5.41 Å². The van der Waals surface area contributed by atoms with E-state index in [4.69, 9.17) is 0 Å². The van der Waals surface area contributed by atoms with Gasteiger partial charge in [0.2, 0.25) is 0 Å². The Balaban J connectivity index is 2.41. The molecule has 0 bridgehead atoms. The highest BCUT2D eigenvalue weighted by Gasteiger charge is 2.28. The zero-order valence-corrected chi connectivity index (χ0v) is 11.9. The molecule has 1 atom stereocenters. The van der Waals surface area contributed by atoms with Crippen LogP contribution in [0, 0.1) is 5.41 Å². The quantitative estimate of drug-likeness (QED) is 0.664. The molecule has 1 fully saturated rings. The van der Waals surface area contributed by atoms with Crippen LogP contribution in [0.2, 0.25) is 0 Å². The molecule has 3 heteroatoms. The van der Waals surface area contributed by atoms with E-state index in [9.17, 15) is 4.79 Å². The first-order valence-corrected chi connectivity index (χ1v) is 6.93. The van der Waals surface area contributed by atoms with E-state index >= 15 is 0 Å². The van der Waals surface area contributed by atoms with Crippen LogP contribution in [0.1, 0.15) is 40.5 Å². The summed E-state index contributed by atoms with van der Waals surface area (Å²) in [6.07, 6.45) is 3.24. The van der Waals surface area contributed by atoms with Crippen LogP contribution < -0.4 is 0 Å². The van der Waals surface area contributed by atoms with Gasteiger partial charge in [-0.1, -0.05) is 20.3 Å². The van der Waals surface area contributed by atoms with Crippen molar-refractivity contribution >= 4 is 6.29 Å². The summed E-state index contributed by atoms with van der Waals surface area (Å²) in [7, 11) is 0. The minimum absolute atomic E-state index is 0.144. The van der Waals surface area contributed by atoms with E-state index in [-0.39, 0.29) is 5.41 Å². The van der Waals surface area contributed by atoms with Crippen LogP contribution in [-0.4, -0.2) is 54.9 Å². The minimum Gasteiger partial charge on any atom is -0.303 e. The SMILES string of the molecule is CCCC(C)(C=O)CN1CCN(C(C)C)CC1. The molecule has 1 aliphatic heterocycles. The number of hydrogen-bond acceptors (Lipinski definition) is 3. The molecule has 100 valence electrons. The second-order valence-corrected chi connectivity index (χ2v) is 5.93. The average molecular weight is 240 g/mol. The molecular formula is C14H28N2O. The van der Waals surface area contributed by atoms with Crippen molar-refractivity contribution in [1.82, 2.24) is 9.80 Å². The van der Waals surface area contributed by atoms with Crippen molar-refractivity contribution in [3.05, 3.63) is 0 Å². The van der Waals surface area contributed by atoms with Gasteiger partial charge in [-0.3, -0.25) is 9.80 Å². The van der Waals surface area contributed by atoms with Gasteiger partial charge in [-0.2, -0.15) is 0 Å². The normalized spacial score (nSPS) is 22.6. The lowest BCUT2D eigenvalue weighted by molar-refractivity contribution is -0.117. The highest BCUT2D eigenvalue weighted by molar-refractivity contribution is 5.59. The Labute approximate surface area is 106 Å². The number of aldehydes is 1. The molecule has 0 amide bonds. The fraction of sp³-hybridized carbons (Fsp3) is 0.929. The summed E-state index contributed by atoms with van der Waals surface area (Å²) >= 11 is 0. The molecule has 1 rings (SSSR count). The van der Waals surface area contributed by atoms with Crippen molar-refractivity contribution in [3.8, 4) is 0 Å². The third-order valence-corrected chi connectivity index (χ3v) is 3.83. The van der Waals surface area contributed by atoms with Gasteiger partial charge in [0, 0.05) is 44.2 Å². The molecule has 0 aliphatic carbocycles. The predicted octanol–water partition coefficient (Wildman–Crippen LogP) is 2.02. The van der Waals surface area contributed by atoms with Gasteiger partial charge in [0.25, 0.3) is 0 Å². The van der Waals surface area contributed by atoms with Gasteiger partial charge < -0.3 is 4.79 Å². The van der Waals surface area contributed by atoms with Crippen LogP contribution in [0.25, 0.3) is 0 Å². The summed E-state index contributed by atoms with van der Waals surface area (Å²) in [5, 5.41) is 0. The molecule has 3 nitrogen and oxygen atoms in total. The zero-order valence-electron chi connectivity index (χ0n) is 11.9. The first kappa shape index (κ1) is 14.7. The maximum absolute atomic E-state index is 11.2. The molecular weight excluding hydrogens is 212 g/mol. The molecule has 0 N–H and O–H groups in total. The Hall–Kier alpha value is -0.410. The summed E-state index contributed by atoms with van der Waals surface area (Å²) in [5.74, 6) is 0. The van der Waals surface area contributed by atoms with E-state index in [2.05, 4.69) is 37.5 Å². The topological polar surface area (TPSA) is 23.6 Å². The van der Waals surface area contributed by atoms with Gasteiger partial charge in [-0.05, 0) is 20.3 Å². The highest BCUT2D eigenvalue weighted by atomic mass is 16.1. The number of carbonyl (C=O) groups excluding carboxylic acids is 1. The summed E-state index contributed by atoms with van der Waals surface area (Å²) in [4.78, 5) is 16.2. The van der Waals surface area contributed by atoms with E-state index in [0.29, 0.717) is 6.04 Å². The predicted molar refractivity (Wildman–Crippen MR) is 72.2 cm³/mol. The molecule has 1 heterocycles. The first-order chi connectivity index (χ1) is 8.00. The Bertz CT molecular complexity index is 234. The van der Waals surface area contributed by atoms with Crippen LogP contribution in [0.4, 0.5) is 0 Å². The van der Waals surface area contributed by atoms with E-state index in [1.54, 1.807) is 0 Å². The average Bonchev–Trinajstić information content (AvgIpc) is 2.30. The van der Waals surface area contributed by atoms with Crippen molar-refractivity contribution in [3.63, 3.8) is 0 Å². The van der Waals surface area contributed by atoms with Crippen LogP contribution in [-0.2, 0) is 4.79 Å². The van der Waals surface area contributed by atoms with E-state index in [1.165, 1.54) is 0 Å². The van der Waals surface area contributed by atoms with Crippen LogP contribution in [0.3, 0.4) is 0 Å². The summed E-state index contributed by atoms with van der Waals surface area (Å²) in [6.45, 7) is 14.2. The summed E-state index contributed by atoms with van der Waals surface area (Å²) < 4.78 is 0. The highest BCUT2D eigenvalue weighted by Crippen LogP contribution is 2.22. The zero-order chi connectivity index (χ0) is 12.9. The lowest BCUT2D eigenvalue weighted by Gasteiger charge is -2.39. The van der Waals surface area contributed by atoms with Crippen molar-refractivity contribution < 1.29 is 4.79 Å². The van der Waals surface area contributed by atoms with Gasteiger partial charge in [0.1, 0.15) is 6.29 Å². The Morgan fingerprint density at radius 3 is 2.24 bits per heavy atom. The maximum Gasteiger partial charge on any atom is 0.127 e. The van der Waals surface area contributed by atoms with Gasteiger partial charge in [0.15, 0.2) is 0 Å². The van der Waals surface area contributed by atoms with Gasteiger partial charge in [0.05, 0.1) is 0 Å². The molecule has 0 radical (unpaired) electrons. The lowest BCUT2D eigenvalue weighted by Crippen LogP contribution is -2.51. The number of rotatable bonds is 6. The Morgan fingerprint density at radius 1 is 1.24 bits per heavy atom. The smallest absolute Gasteiger partial charge is 0.127 e. The second-order valence-electron chi connectivity index (χ2n) is 5.93. The largest absolute Gasteiger partial charge is 0.303 e. The molecule has 0 aromatic carbocycles. The number of nitrogens with zero attached hydrogens (tertiary/aromatic N) is 2. The molecule has 0 saturated carbocycles. The molecule has 1 saturated heterocycles. The number of hydrogen-bond donors (Lipinski definition) is 0. The van der Waals surface area contributed by atoms with Crippen molar-refractivity contribution in [1.29, 1.82) is 0 Å². The number of piperazine rings is 1. The standard InChI is InChI=1S/C14H28N2O/c1-5-6-14(4,12-17)11-15-7-9-16(10-8-15)13(2)3/h12-13H,5-11H2,1-4H3. The minimum atomic E-state index is -0.144. The molecule has 17 heavy (non-hydrogen) atoms. The fourth-order valence-electron chi connectivity index (χ4n) is 2.70. The second kappa shape index (κ2) is 6.50. The first-order valence-electron chi connectivity index (χ1n) is 6.93. The fourth-order valence-corrected chi connectivity index (χ4v) is 2.70. The molecule has 1 aliphatic rings. The monoisotopic (exact) mass is 240 g/mol. The molecule has 0 spiro atoms. The number of carbonyl (C=O) groups is 1. The van der Waals surface area contributed by atoms with Crippen molar-refractivity contribution in [2.45, 2.75) is 46.6 Å². The van der Waals surface area contributed by atoms with Gasteiger partial charge in [-0.25, -0.2) is 0 Å². The Kier molecular flexibility index (Phi) is 5.60. The third-order valence-electron chi connectivity index (χ3n) is 3.83. The van der Waals surface area contributed by atoms with E-state index in [1.807, 2.05) is 0 Å². The van der Waals surface area contributed by atoms with E-state index < -0.39 is 0 Å². The summed E-state index contributed by atoms with van der Waals surface area (Å²) in [6, 6.07) is 0.644. The molecule has 0 aromatic rings. The van der Waals surface area contributed by atoms with Crippen LogP contribution in [0.15, 0.2) is 0 Å².